The molecule has 0 radical (unpaired) electrons. The van der Waals surface area contributed by atoms with Crippen molar-refractivity contribution in [1.29, 1.82) is 0 Å². The number of amides is 2. The summed E-state index contributed by atoms with van der Waals surface area (Å²) in [6.07, 6.45) is 4.19. The monoisotopic (exact) mass is 441 g/mol. The third kappa shape index (κ3) is 4.99. The minimum atomic E-state index is -0.517. The Kier molecular flexibility index (Phi) is 7.15. The molecule has 1 saturated heterocycles. The summed E-state index contributed by atoms with van der Waals surface area (Å²) in [7, 11) is 0. The first kappa shape index (κ1) is 22.4. The molecule has 0 spiro atoms. The number of carbonyl (C=O) groups excluding carboxylic acids is 2. The molecule has 1 N–H and O–H groups in total. The normalized spacial score (nSPS) is 18.5. The van der Waals surface area contributed by atoms with Crippen LogP contribution in [0.25, 0.3) is 0 Å². The topological polar surface area (TPSA) is 52.7 Å². The maximum atomic E-state index is 14.0. The molecule has 170 valence electrons. The Morgan fingerprint density at radius 2 is 1.53 bits per heavy atom. The minimum Gasteiger partial charge on any atom is -0.351 e. The lowest BCUT2D eigenvalue weighted by molar-refractivity contribution is -0.129. The smallest absolute Gasteiger partial charge is 0.256 e. The summed E-state index contributed by atoms with van der Waals surface area (Å²) in [4.78, 5) is 29.7. The number of hydrogen-bond donors (Lipinski definition) is 1. The van der Waals surface area contributed by atoms with Gasteiger partial charge in [-0.2, -0.15) is 0 Å². The Labute approximate surface area is 187 Å². The van der Waals surface area contributed by atoms with Gasteiger partial charge in [-0.3, -0.25) is 14.5 Å². The zero-order valence-electron chi connectivity index (χ0n) is 18.1. The molecule has 0 unspecified atom stereocenters. The van der Waals surface area contributed by atoms with E-state index in [-0.39, 0.29) is 41.7 Å². The summed E-state index contributed by atoms with van der Waals surface area (Å²) in [5.74, 6) is -0.996. The molecule has 2 amide bonds. The quantitative estimate of drug-likeness (QED) is 0.745. The second kappa shape index (κ2) is 10.2. The summed E-state index contributed by atoms with van der Waals surface area (Å²) in [6.45, 7) is 2.14. The van der Waals surface area contributed by atoms with Crippen molar-refractivity contribution in [1.82, 2.24) is 15.1 Å². The van der Waals surface area contributed by atoms with Crippen molar-refractivity contribution in [2.45, 2.75) is 38.3 Å². The second-order valence-corrected chi connectivity index (χ2v) is 8.61. The van der Waals surface area contributed by atoms with E-state index in [0.717, 1.165) is 25.7 Å². The Morgan fingerprint density at radius 1 is 0.906 bits per heavy atom. The van der Waals surface area contributed by atoms with Gasteiger partial charge in [-0.15, -0.1) is 0 Å². The van der Waals surface area contributed by atoms with E-state index in [2.05, 4.69) is 10.2 Å². The van der Waals surface area contributed by atoms with Crippen molar-refractivity contribution in [3.8, 4) is 0 Å². The SMILES string of the molecule is O=C(NCc1ccccc1F)[C@H](C1CCCC1)N1CCN(C(=O)c2ccccc2F)CC1. The van der Waals surface area contributed by atoms with E-state index in [0.29, 0.717) is 31.7 Å². The van der Waals surface area contributed by atoms with Crippen LogP contribution < -0.4 is 5.32 Å². The van der Waals surface area contributed by atoms with Gasteiger partial charge in [-0.05, 0) is 37.0 Å². The first-order valence-electron chi connectivity index (χ1n) is 11.3. The molecule has 1 heterocycles. The van der Waals surface area contributed by atoms with Crippen LogP contribution in [-0.4, -0.2) is 53.8 Å². The van der Waals surface area contributed by atoms with E-state index >= 15 is 0 Å². The van der Waals surface area contributed by atoms with Crippen molar-refractivity contribution < 1.29 is 18.4 Å². The average Bonchev–Trinajstić information content (AvgIpc) is 3.33. The highest BCUT2D eigenvalue weighted by atomic mass is 19.1. The van der Waals surface area contributed by atoms with Gasteiger partial charge in [0.2, 0.25) is 5.91 Å². The average molecular weight is 442 g/mol. The van der Waals surface area contributed by atoms with E-state index in [4.69, 9.17) is 0 Å². The van der Waals surface area contributed by atoms with Crippen LogP contribution in [0.4, 0.5) is 8.78 Å². The molecule has 0 aromatic heterocycles. The molecular formula is C25H29F2N3O2. The Balaban J connectivity index is 1.40. The molecule has 1 aliphatic carbocycles. The fraction of sp³-hybridized carbons (Fsp3) is 0.440. The molecule has 2 aliphatic rings. The third-order valence-corrected chi connectivity index (χ3v) is 6.63. The fourth-order valence-electron chi connectivity index (χ4n) is 4.89. The molecule has 7 heteroatoms. The summed E-state index contributed by atoms with van der Waals surface area (Å²) >= 11 is 0. The van der Waals surface area contributed by atoms with Crippen LogP contribution in [0.5, 0.6) is 0 Å². The zero-order chi connectivity index (χ0) is 22.5. The van der Waals surface area contributed by atoms with Crippen LogP contribution in [0.2, 0.25) is 0 Å². The van der Waals surface area contributed by atoms with E-state index in [1.165, 1.54) is 18.2 Å². The van der Waals surface area contributed by atoms with Crippen molar-refractivity contribution in [2.75, 3.05) is 26.2 Å². The molecule has 1 atom stereocenters. The lowest BCUT2D eigenvalue weighted by Gasteiger charge is -2.40. The Morgan fingerprint density at radius 3 is 2.19 bits per heavy atom. The molecule has 2 aromatic carbocycles. The van der Waals surface area contributed by atoms with Crippen LogP contribution in [0.3, 0.4) is 0 Å². The highest BCUT2D eigenvalue weighted by Crippen LogP contribution is 2.31. The maximum absolute atomic E-state index is 14.0. The Bertz CT molecular complexity index is 954. The van der Waals surface area contributed by atoms with Crippen molar-refractivity contribution in [3.63, 3.8) is 0 Å². The van der Waals surface area contributed by atoms with Gasteiger partial charge in [0.25, 0.3) is 5.91 Å². The van der Waals surface area contributed by atoms with Gasteiger partial charge in [0.15, 0.2) is 0 Å². The highest BCUT2D eigenvalue weighted by Gasteiger charge is 2.37. The predicted molar refractivity (Wildman–Crippen MR) is 118 cm³/mol. The number of halogens is 2. The lowest BCUT2D eigenvalue weighted by Crippen LogP contribution is -2.58. The number of nitrogens with one attached hydrogen (secondary N) is 1. The summed E-state index contributed by atoms with van der Waals surface area (Å²) in [5, 5.41) is 2.93. The van der Waals surface area contributed by atoms with Gasteiger partial charge in [0.05, 0.1) is 11.6 Å². The molecule has 0 bridgehead atoms. The van der Waals surface area contributed by atoms with Gasteiger partial charge < -0.3 is 10.2 Å². The number of rotatable bonds is 6. The van der Waals surface area contributed by atoms with Crippen LogP contribution in [0.15, 0.2) is 48.5 Å². The molecule has 1 aliphatic heterocycles. The van der Waals surface area contributed by atoms with Crippen molar-refractivity contribution in [3.05, 3.63) is 71.3 Å². The number of carbonyl (C=O) groups is 2. The van der Waals surface area contributed by atoms with Crippen LogP contribution >= 0.6 is 0 Å². The van der Waals surface area contributed by atoms with Gasteiger partial charge in [-0.25, -0.2) is 8.78 Å². The van der Waals surface area contributed by atoms with Crippen LogP contribution in [0, 0.1) is 17.6 Å². The van der Waals surface area contributed by atoms with E-state index < -0.39 is 5.82 Å². The molecule has 2 fully saturated rings. The van der Waals surface area contributed by atoms with Gasteiger partial charge in [-0.1, -0.05) is 43.2 Å². The largest absolute Gasteiger partial charge is 0.351 e. The molecular weight excluding hydrogens is 412 g/mol. The lowest BCUT2D eigenvalue weighted by atomic mass is 9.94. The molecule has 1 saturated carbocycles. The van der Waals surface area contributed by atoms with E-state index in [9.17, 15) is 18.4 Å². The third-order valence-electron chi connectivity index (χ3n) is 6.63. The van der Waals surface area contributed by atoms with E-state index in [1.54, 1.807) is 35.2 Å². The summed E-state index contributed by atoms with van der Waals surface area (Å²) in [5.41, 5.74) is 0.544. The number of hydrogen-bond acceptors (Lipinski definition) is 3. The Hall–Kier alpha value is -2.80. The summed E-state index contributed by atoms with van der Waals surface area (Å²) in [6, 6.07) is 12.2. The predicted octanol–water partition coefficient (Wildman–Crippen LogP) is 3.60. The van der Waals surface area contributed by atoms with Crippen molar-refractivity contribution in [2.24, 2.45) is 5.92 Å². The number of piperazine rings is 1. The zero-order valence-corrected chi connectivity index (χ0v) is 18.1. The minimum absolute atomic E-state index is 0.0796. The molecule has 4 rings (SSSR count). The first-order valence-corrected chi connectivity index (χ1v) is 11.3. The maximum Gasteiger partial charge on any atom is 0.256 e. The number of benzene rings is 2. The standard InChI is InChI=1S/C25H29F2N3O2/c26-21-11-5-3-9-19(21)17-28-24(31)23(18-7-1-2-8-18)29-13-15-30(16-14-29)25(32)20-10-4-6-12-22(20)27/h3-6,9-12,18,23H,1-2,7-8,13-17H2,(H,28,31)/t23-/m0/s1. The van der Waals surface area contributed by atoms with Gasteiger partial charge in [0, 0.05) is 38.3 Å². The number of nitrogens with zero attached hydrogens (tertiary/aromatic N) is 2. The van der Waals surface area contributed by atoms with Gasteiger partial charge >= 0.3 is 0 Å². The van der Waals surface area contributed by atoms with Crippen LogP contribution in [0.1, 0.15) is 41.6 Å². The van der Waals surface area contributed by atoms with Crippen molar-refractivity contribution >= 4 is 11.8 Å². The van der Waals surface area contributed by atoms with Gasteiger partial charge in [0.1, 0.15) is 11.6 Å². The highest BCUT2D eigenvalue weighted by molar-refractivity contribution is 5.94. The van der Waals surface area contributed by atoms with Crippen LogP contribution in [-0.2, 0) is 11.3 Å². The second-order valence-electron chi connectivity index (χ2n) is 8.61. The summed E-state index contributed by atoms with van der Waals surface area (Å²) < 4.78 is 28.0. The van der Waals surface area contributed by atoms with E-state index in [1.807, 2.05) is 0 Å². The molecule has 5 nitrogen and oxygen atoms in total. The molecule has 2 aromatic rings. The molecule has 32 heavy (non-hydrogen) atoms. The fourth-order valence-corrected chi connectivity index (χ4v) is 4.89. The first-order chi connectivity index (χ1) is 15.5.